The summed E-state index contributed by atoms with van der Waals surface area (Å²) in [6.45, 7) is 9.15. The van der Waals surface area contributed by atoms with Crippen molar-refractivity contribution in [1.29, 1.82) is 0 Å². The van der Waals surface area contributed by atoms with E-state index in [0.29, 0.717) is 0 Å². The van der Waals surface area contributed by atoms with E-state index in [1.54, 1.807) is 0 Å². The molecule has 0 aromatic heterocycles. The van der Waals surface area contributed by atoms with Crippen LogP contribution in [0.5, 0.6) is 0 Å². The lowest BCUT2D eigenvalue weighted by molar-refractivity contribution is -0.151. The summed E-state index contributed by atoms with van der Waals surface area (Å²) < 4.78 is 0. The molecule has 0 saturated carbocycles. The second-order valence-corrected chi connectivity index (χ2v) is 5.80. The fraction of sp³-hybridized carbons (Fsp3) is 0.933. The third-order valence-electron chi connectivity index (χ3n) is 4.74. The first-order valence-corrected chi connectivity index (χ1v) is 7.53. The summed E-state index contributed by atoms with van der Waals surface area (Å²) in [6.07, 6.45) is 6.56. The van der Waals surface area contributed by atoms with Gasteiger partial charge in [0.25, 0.3) is 0 Å². The molecule has 1 heterocycles. The lowest BCUT2D eigenvalue weighted by Gasteiger charge is -2.38. The van der Waals surface area contributed by atoms with Crippen LogP contribution in [0.3, 0.4) is 0 Å². The Hall–Kier alpha value is -0.570. The van der Waals surface area contributed by atoms with Gasteiger partial charge >= 0.3 is 5.97 Å². The van der Waals surface area contributed by atoms with Gasteiger partial charge in [0.05, 0.1) is 5.41 Å². The van der Waals surface area contributed by atoms with Gasteiger partial charge in [-0.25, -0.2) is 0 Å². The highest BCUT2D eigenvalue weighted by molar-refractivity contribution is 5.74. The van der Waals surface area contributed by atoms with Crippen molar-refractivity contribution >= 4 is 5.97 Å². The molecule has 0 radical (unpaired) electrons. The molecule has 1 rings (SSSR count). The molecule has 0 aromatic carbocycles. The molecule has 1 aliphatic rings. The van der Waals surface area contributed by atoms with Crippen molar-refractivity contribution in [2.24, 2.45) is 11.3 Å². The van der Waals surface area contributed by atoms with Gasteiger partial charge in [-0.2, -0.15) is 0 Å². The van der Waals surface area contributed by atoms with E-state index in [-0.39, 0.29) is 0 Å². The molecule has 0 spiro atoms. The number of carbonyl (C=O) groups is 1. The van der Waals surface area contributed by atoms with Crippen LogP contribution >= 0.6 is 0 Å². The number of carboxylic acids is 1. The maximum atomic E-state index is 11.5. The number of piperidine rings is 1. The predicted octanol–water partition coefficient (Wildman–Crippen LogP) is 3.39. The molecule has 3 heteroatoms. The molecule has 1 aliphatic heterocycles. The molecule has 0 bridgehead atoms. The van der Waals surface area contributed by atoms with Crippen LogP contribution in [0.2, 0.25) is 0 Å². The first-order chi connectivity index (χ1) is 8.57. The lowest BCUT2D eigenvalue weighted by Crippen LogP contribution is -2.45. The number of aliphatic carboxylic acids is 1. The Kier molecular flexibility index (Phi) is 6.13. The molecule has 0 aromatic rings. The zero-order chi connectivity index (χ0) is 13.6. The van der Waals surface area contributed by atoms with Gasteiger partial charge in [-0.15, -0.1) is 0 Å². The quantitative estimate of drug-likeness (QED) is 0.758. The van der Waals surface area contributed by atoms with Crippen molar-refractivity contribution in [1.82, 2.24) is 4.90 Å². The number of carboxylic acid groups (broad SMARTS) is 1. The summed E-state index contributed by atoms with van der Waals surface area (Å²) >= 11 is 0. The van der Waals surface area contributed by atoms with Gasteiger partial charge in [-0.1, -0.05) is 33.6 Å². The predicted molar refractivity (Wildman–Crippen MR) is 74.7 cm³/mol. The largest absolute Gasteiger partial charge is 0.481 e. The molecule has 0 amide bonds. The number of hydrogen-bond acceptors (Lipinski definition) is 2. The lowest BCUT2D eigenvalue weighted by atomic mass is 9.81. The van der Waals surface area contributed by atoms with Gasteiger partial charge in [-0.3, -0.25) is 4.79 Å². The maximum Gasteiger partial charge on any atom is 0.310 e. The van der Waals surface area contributed by atoms with Gasteiger partial charge in [-0.05, 0) is 44.7 Å². The fourth-order valence-corrected chi connectivity index (χ4v) is 3.11. The molecule has 0 aliphatic carbocycles. The summed E-state index contributed by atoms with van der Waals surface area (Å²) in [5.74, 6) is 0.247. The highest BCUT2D eigenvalue weighted by Crippen LogP contribution is 2.30. The van der Waals surface area contributed by atoms with E-state index in [4.69, 9.17) is 0 Å². The third kappa shape index (κ3) is 3.71. The van der Waals surface area contributed by atoms with Crippen LogP contribution in [0.25, 0.3) is 0 Å². The van der Waals surface area contributed by atoms with Crippen molar-refractivity contribution in [3.63, 3.8) is 0 Å². The number of likely N-dealkylation sites (tertiary alicyclic amines) is 1. The summed E-state index contributed by atoms with van der Waals surface area (Å²) in [7, 11) is 0. The van der Waals surface area contributed by atoms with Gasteiger partial charge in [0.1, 0.15) is 0 Å². The van der Waals surface area contributed by atoms with E-state index in [2.05, 4.69) is 11.8 Å². The molecule has 1 fully saturated rings. The Labute approximate surface area is 112 Å². The van der Waals surface area contributed by atoms with Crippen LogP contribution in [-0.2, 0) is 4.79 Å². The van der Waals surface area contributed by atoms with Crippen molar-refractivity contribution in [3.8, 4) is 0 Å². The van der Waals surface area contributed by atoms with Crippen molar-refractivity contribution in [2.45, 2.75) is 59.3 Å². The first-order valence-electron chi connectivity index (χ1n) is 7.53. The highest BCUT2D eigenvalue weighted by atomic mass is 16.4. The number of rotatable bonds is 7. The van der Waals surface area contributed by atoms with Gasteiger partial charge in [0.2, 0.25) is 0 Å². The Morgan fingerprint density at radius 3 is 2.17 bits per heavy atom. The van der Waals surface area contributed by atoms with Crippen LogP contribution in [0, 0.1) is 11.3 Å². The van der Waals surface area contributed by atoms with Crippen LogP contribution in [0.4, 0.5) is 0 Å². The number of nitrogens with zero attached hydrogens (tertiary/aromatic N) is 1. The molecule has 3 nitrogen and oxygen atoms in total. The van der Waals surface area contributed by atoms with Crippen molar-refractivity contribution < 1.29 is 9.90 Å². The molecule has 1 N–H and O–H groups in total. The SMILES string of the molecule is CCCC1CCN(CC(CC)(CC)C(=O)O)CC1. The zero-order valence-corrected chi connectivity index (χ0v) is 12.2. The van der Waals surface area contributed by atoms with Crippen LogP contribution < -0.4 is 0 Å². The van der Waals surface area contributed by atoms with Crippen LogP contribution in [0.1, 0.15) is 59.3 Å². The van der Waals surface area contributed by atoms with E-state index in [1.165, 1.54) is 25.7 Å². The molecule has 0 atom stereocenters. The van der Waals surface area contributed by atoms with Crippen LogP contribution in [-0.4, -0.2) is 35.6 Å². The van der Waals surface area contributed by atoms with E-state index in [9.17, 15) is 9.90 Å². The zero-order valence-electron chi connectivity index (χ0n) is 12.2. The summed E-state index contributed by atoms with van der Waals surface area (Å²) in [6, 6.07) is 0. The fourth-order valence-electron chi connectivity index (χ4n) is 3.11. The van der Waals surface area contributed by atoms with Gasteiger partial charge in [0.15, 0.2) is 0 Å². The molecule has 106 valence electrons. The molecular weight excluding hydrogens is 226 g/mol. The molecule has 18 heavy (non-hydrogen) atoms. The topological polar surface area (TPSA) is 40.5 Å². The van der Waals surface area contributed by atoms with E-state index in [1.807, 2.05) is 13.8 Å². The monoisotopic (exact) mass is 255 g/mol. The minimum Gasteiger partial charge on any atom is -0.481 e. The standard InChI is InChI=1S/C15H29NO2/c1-4-7-13-8-10-16(11-9-13)12-15(5-2,6-3)14(17)18/h13H,4-12H2,1-3H3,(H,17,18). The summed E-state index contributed by atoms with van der Waals surface area (Å²) in [5.41, 5.74) is -0.530. The molecule has 0 unspecified atom stereocenters. The second-order valence-electron chi connectivity index (χ2n) is 5.80. The highest BCUT2D eigenvalue weighted by Gasteiger charge is 2.37. The average Bonchev–Trinajstić information content (AvgIpc) is 2.38. The molecule has 1 saturated heterocycles. The van der Waals surface area contributed by atoms with Gasteiger partial charge < -0.3 is 10.0 Å². The first kappa shape index (κ1) is 15.5. The Morgan fingerprint density at radius 2 is 1.78 bits per heavy atom. The second kappa shape index (κ2) is 7.13. The van der Waals surface area contributed by atoms with E-state index in [0.717, 1.165) is 38.4 Å². The van der Waals surface area contributed by atoms with E-state index >= 15 is 0 Å². The van der Waals surface area contributed by atoms with E-state index < -0.39 is 11.4 Å². The minimum absolute atomic E-state index is 0.530. The summed E-state index contributed by atoms with van der Waals surface area (Å²) in [5, 5.41) is 9.46. The Bertz CT molecular complexity index is 253. The normalized spacial score (nSPS) is 19.1. The molecular formula is C15H29NO2. The maximum absolute atomic E-state index is 11.5. The van der Waals surface area contributed by atoms with Crippen molar-refractivity contribution in [2.75, 3.05) is 19.6 Å². The van der Waals surface area contributed by atoms with Gasteiger partial charge in [0, 0.05) is 6.54 Å². The van der Waals surface area contributed by atoms with Crippen LogP contribution in [0.15, 0.2) is 0 Å². The third-order valence-corrected chi connectivity index (χ3v) is 4.74. The average molecular weight is 255 g/mol. The minimum atomic E-state index is -0.622. The van der Waals surface area contributed by atoms with Crippen molar-refractivity contribution in [3.05, 3.63) is 0 Å². The smallest absolute Gasteiger partial charge is 0.310 e. The number of hydrogen-bond donors (Lipinski definition) is 1. The Morgan fingerprint density at radius 1 is 1.22 bits per heavy atom. The summed E-state index contributed by atoms with van der Waals surface area (Å²) in [4.78, 5) is 13.9. The Balaban J connectivity index is 2.50.